The van der Waals surface area contributed by atoms with Gasteiger partial charge in [0.2, 0.25) is 5.91 Å². The number of nitrogens with one attached hydrogen (secondary N) is 2. The predicted octanol–water partition coefficient (Wildman–Crippen LogP) is 4.07. The molecule has 0 unspecified atom stereocenters. The molecule has 1 aromatic carbocycles. The molecule has 30 heavy (non-hydrogen) atoms. The molecule has 2 heterocycles. The average molecular weight is 429 g/mol. The Kier molecular flexibility index (Phi) is 5.08. The SMILES string of the molecule is Cc1nc2ccc(NC(=O)CN3C(=O)NC4(CCC(C(C)(C)C)CC4)C3=O)cc2s1. The molecule has 1 aromatic heterocycles. The maximum Gasteiger partial charge on any atom is 0.325 e. The van der Waals surface area contributed by atoms with E-state index in [9.17, 15) is 14.4 Å². The van der Waals surface area contributed by atoms with Crippen LogP contribution in [-0.2, 0) is 9.59 Å². The van der Waals surface area contributed by atoms with Crippen LogP contribution in [-0.4, -0.2) is 39.8 Å². The van der Waals surface area contributed by atoms with Gasteiger partial charge in [0, 0.05) is 5.69 Å². The van der Waals surface area contributed by atoms with Crippen molar-refractivity contribution < 1.29 is 14.4 Å². The summed E-state index contributed by atoms with van der Waals surface area (Å²) in [6.07, 6.45) is 3.03. The zero-order valence-electron chi connectivity index (χ0n) is 17.9. The smallest absolute Gasteiger partial charge is 0.324 e. The summed E-state index contributed by atoms with van der Waals surface area (Å²) >= 11 is 1.55. The monoisotopic (exact) mass is 428 g/mol. The number of thiazole rings is 1. The normalized spacial score (nSPS) is 24.5. The van der Waals surface area contributed by atoms with Crippen LogP contribution in [0.4, 0.5) is 10.5 Å². The first-order valence-electron chi connectivity index (χ1n) is 10.4. The van der Waals surface area contributed by atoms with Gasteiger partial charge in [-0.05, 0) is 62.1 Å². The van der Waals surface area contributed by atoms with Crippen molar-refractivity contribution in [2.45, 2.75) is 58.9 Å². The standard InChI is InChI=1S/C22H28N4O3S/c1-13-23-16-6-5-15(11-17(16)30-13)24-18(27)12-26-19(28)22(25-20(26)29)9-7-14(8-10-22)21(2,3)4/h5-6,11,14H,7-10,12H2,1-4H3,(H,24,27)(H,25,29). The van der Waals surface area contributed by atoms with Crippen molar-refractivity contribution >= 4 is 45.1 Å². The summed E-state index contributed by atoms with van der Waals surface area (Å²) in [5.74, 6) is -0.140. The molecule has 1 spiro atoms. The Bertz CT molecular complexity index is 1020. The van der Waals surface area contributed by atoms with Crippen molar-refractivity contribution in [1.29, 1.82) is 0 Å². The average Bonchev–Trinajstić information content (AvgIpc) is 3.13. The molecule has 1 saturated heterocycles. The molecule has 2 fully saturated rings. The number of aromatic nitrogens is 1. The number of nitrogens with zero attached hydrogens (tertiary/aromatic N) is 2. The Morgan fingerprint density at radius 3 is 2.67 bits per heavy atom. The number of fused-ring (bicyclic) bond motifs is 1. The number of amides is 4. The van der Waals surface area contributed by atoms with Gasteiger partial charge in [0.05, 0.1) is 15.2 Å². The maximum absolute atomic E-state index is 13.1. The number of aryl methyl sites for hydroxylation is 1. The van der Waals surface area contributed by atoms with E-state index in [0.717, 1.165) is 33.0 Å². The van der Waals surface area contributed by atoms with E-state index in [0.29, 0.717) is 24.4 Å². The second-order valence-corrected chi connectivity index (χ2v) is 10.7. The lowest BCUT2D eigenvalue weighted by atomic mass is 9.67. The van der Waals surface area contributed by atoms with E-state index in [-0.39, 0.29) is 23.8 Å². The predicted molar refractivity (Wildman–Crippen MR) is 117 cm³/mol. The summed E-state index contributed by atoms with van der Waals surface area (Å²) in [7, 11) is 0. The second kappa shape index (κ2) is 7.34. The second-order valence-electron chi connectivity index (χ2n) is 9.51. The highest BCUT2D eigenvalue weighted by molar-refractivity contribution is 7.18. The first kappa shape index (κ1) is 20.8. The summed E-state index contributed by atoms with van der Waals surface area (Å²) in [6, 6.07) is 5.02. The molecule has 0 atom stereocenters. The molecule has 7 nitrogen and oxygen atoms in total. The van der Waals surface area contributed by atoms with E-state index in [1.165, 1.54) is 0 Å². The molecule has 4 rings (SSSR count). The van der Waals surface area contributed by atoms with Crippen LogP contribution >= 0.6 is 11.3 Å². The van der Waals surface area contributed by atoms with Crippen molar-refractivity contribution in [3.63, 3.8) is 0 Å². The summed E-state index contributed by atoms with van der Waals surface area (Å²) in [4.78, 5) is 43.6. The Labute approximate surface area is 180 Å². The third-order valence-electron chi connectivity index (χ3n) is 6.39. The molecule has 2 aromatic rings. The van der Waals surface area contributed by atoms with Gasteiger partial charge in [-0.15, -0.1) is 11.3 Å². The van der Waals surface area contributed by atoms with Gasteiger partial charge in [-0.25, -0.2) is 9.78 Å². The zero-order chi connectivity index (χ0) is 21.7. The van der Waals surface area contributed by atoms with Crippen LogP contribution < -0.4 is 10.6 Å². The molecule has 1 aliphatic carbocycles. The molecular formula is C22H28N4O3S. The number of hydrogen-bond acceptors (Lipinski definition) is 5. The number of carbonyl (C=O) groups excluding carboxylic acids is 3. The van der Waals surface area contributed by atoms with Crippen LogP contribution in [0.15, 0.2) is 18.2 Å². The van der Waals surface area contributed by atoms with Gasteiger partial charge in [-0.1, -0.05) is 20.8 Å². The zero-order valence-corrected chi connectivity index (χ0v) is 18.7. The summed E-state index contributed by atoms with van der Waals surface area (Å²) in [5, 5.41) is 6.64. The lowest BCUT2D eigenvalue weighted by Gasteiger charge is -2.40. The van der Waals surface area contributed by atoms with Crippen LogP contribution in [0.1, 0.15) is 51.5 Å². The molecule has 8 heteroatoms. The first-order valence-corrected chi connectivity index (χ1v) is 11.2. The van der Waals surface area contributed by atoms with E-state index < -0.39 is 11.6 Å². The van der Waals surface area contributed by atoms with E-state index in [1.54, 1.807) is 17.4 Å². The van der Waals surface area contributed by atoms with Crippen LogP contribution in [0.25, 0.3) is 10.2 Å². The molecule has 4 amide bonds. The molecule has 1 aliphatic heterocycles. The van der Waals surface area contributed by atoms with E-state index >= 15 is 0 Å². The van der Waals surface area contributed by atoms with Gasteiger partial charge >= 0.3 is 6.03 Å². The lowest BCUT2D eigenvalue weighted by Crippen LogP contribution is -2.50. The van der Waals surface area contributed by atoms with E-state index in [4.69, 9.17) is 0 Å². The Morgan fingerprint density at radius 2 is 2.00 bits per heavy atom. The number of imide groups is 1. The highest BCUT2D eigenvalue weighted by Gasteiger charge is 2.53. The van der Waals surface area contributed by atoms with Crippen molar-refractivity contribution in [1.82, 2.24) is 15.2 Å². The number of carbonyl (C=O) groups is 3. The molecule has 1 saturated carbocycles. The lowest BCUT2D eigenvalue weighted by molar-refractivity contribution is -0.135. The minimum Gasteiger partial charge on any atom is -0.324 e. The first-order chi connectivity index (χ1) is 14.1. The topological polar surface area (TPSA) is 91.4 Å². The minimum atomic E-state index is -0.849. The van der Waals surface area contributed by atoms with Gasteiger partial charge in [0.1, 0.15) is 12.1 Å². The fourth-order valence-corrected chi connectivity index (χ4v) is 5.46. The van der Waals surface area contributed by atoms with Crippen LogP contribution in [0.5, 0.6) is 0 Å². The number of hydrogen-bond donors (Lipinski definition) is 2. The van der Waals surface area contributed by atoms with Gasteiger partial charge in [-0.2, -0.15) is 0 Å². The highest BCUT2D eigenvalue weighted by Crippen LogP contribution is 2.43. The van der Waals surface area contributed by atoms with Crippen molar-refractivity contribution in [2.75, 3.05) is 11.9 Å². The largest absolute Gasteiger partial charge is 0.325 e. The van der Waals surface area contributed by atoms with Crippen LogP contribution in [0.2, 0.25) is 0 Å². The van der Waals surface area contributed by atoms with Gasteiger partial charge < -0.3 is 10.6 Å². The molecular weight excluding hydrogens is 400 g/mol. The fraction of sp³-hybridized carbons (Fsp3) is 0.545. The van der Waals surface area contributed by atoms with E-state index in [1.807, 2.05) is 19.1 Å². The molecule has 160 valence electrons. The van der Waals surface area contributed by atoms with Crippen LogP contribution in [0, 0.1) is 18.3 Å². The Morgan fingerprint density at radius 1 is 1.30 bits per heavy atom. The number of urea groups is 1. The summed E-state index contributed by atoms with van der Waals surface area (Å²) in [6.45, 7) is 8.30. The summed E-state index contributed by atoms with van der Waals surface area (Å²) in [5.41, 5.74) is 0.851. The Hall–Kier alpha value is -2.48. The number of anilines is 1. The van der Waals surface area contributed by atoms with E-state index in [2.05, 4.69) is 36.4 Å². The third kappa shape index (κ3) is 3.80. The molecule has 2 aliphatic rings. The van der Waals surface area contributed by atoms with Gasteiger partial charge in [-0.3, -0.25) is 14.5 Å². The maximum atomic E-state index is 13.1. The summed E-state index contributed by atoms with van der Waals surface area (Å²) < 4.78 is 0.981. The van der Waals surface area contributed by atoms with Crippen molar-refractivity contribution in [2.24, 2.45) is 11.3 Å². The van der Waals surface area contributed by atoms with Crippen LogP contribution in [0.3, 0.4) is 0 Å². The quantitative estimate of drug-likeness (QED) is 0.721. The molecule has 0 radical (unpaired) electrons. The number of rotatable bonds is 3. The molecule has 0 bridgehead atoms. The van der Waals surface area contributed by atoms with Gasteiger partial charge in [0.15, 0.2) is 0 Å². The Balaban J connectivity index is 1.41. The fourth-order valence-electron chi connectivity index (χ4n) is 4.60. The van der Waals surface area contributed by atoms with Crippen molar-refractivity contribution in [3.05, 3.63) is 23.2 Å². The third-order valence-corrected chi connectivity index (χ3v) is 7.32. The van der Waals surface area contributed by atoms with Crippen molar-refractivity contribution in [3.8, 4) is 0 Å². The highest BCUT2D eigenvalue weighted by atomic mass is 32.1. The van der Waals surface area contributed by atoms with Gasteiger partial charge in [0.25, 0.3) is 5.91 Å². The number of benzene rings is 1. The minimum absolute atomic E-state index is 0.185. The molecule has 2 N–H and O–H groups in total.